The largest absolute Gasteiger partial charge is 0.573 e. The van der Waals surface area contributed by atoms with Gasteiger partial charge in [0.25, 0.3) is 0 Å². The fourth-order valence-corrected chi connectivity index (χ4v) is 4.51. The summed E-state index contributed by atoms with van der Waals surface area (Å²) in [6.45, 7) is 1.92. The molecule has 11 heteroatoms. The molecule has 1 atom stereocenters. The Hall–Kier alpha value is -4.02. The van der Waals surface area contributed by atoms with E-state index >= 15 is 0 Å². The van der Waals surface area contributed by atoms with Gasteiger partial charge in [0.15, 0.2) is 5.76 Å². The molecule has 5 rings (SSSR count). The van der Waals surface area contributed by atoms with Crippen LogP contribution in [0.4, 0.5) is 23.7 Å². The molecule has 1 saturated heterocycles. The van der Waals surface area contributed by atoms with Crippen molar-refractivity contribution in [3.05, 3.63) is 53.6 Å². The third kappa shape index (κ3) is 4.86. The molecule has 1 N–H and O–H groups in total. The quantitative estimate of drug-likeness (QED) is 0.537. The highest BCUT2D eigenvalue weighted by Crippen LogP contribution is 2.40. The molecular formula is C25H22F3N3O5. The molecule has 8 nitrogen and oxygen atoms in total. The van der Waals surface area contributed by atoms with Crippen LogP contribution in [0.15, 0.2) is 47.0 Å². The summed E-state index contributed by atoms with van der Waals surface area (Å²) >= 11 is 0. The molecule has 2 aromatic carbocycles. The highest BCUT2D eigenvalue weighted by molar-refractivity contribution is 5.91. The van der Waals surface area contributed by atoms with Gasteiger partial charge in [-0.1, -0.05) is 11.2 Å². The Morgan fingerprint density at radius 3 is 2.69 bits per heavy atom. The van der Waals surface area contributed by atoms with E-state index in [1.807, 2.05) is 18.2 Å². The van der Waals surface area contributed by atoms with Crippen LogP contribution in [0.1, 0.15) is 24.5 Å². The molecule has 2 aliphatic rings. The third-order valence-electron chi connectivity index (χ3n) is 6.12. The normalized spacial score (nSPS) is 17.2. The number of hydrogen-bond acceptors (Lipinski definition) is 6. The van der Waals surface area contributed by atoms with Crippen molar-refractivity contribution < 1.29 is 36.8 Å². The Morgan fingerprint density at radius 2 is 1.97 bits per heavy atom. The molecule has 0 radical (unpaired) electrons. The van der Waals surface area contributed by atoms with Gasteiger partial charge in [-0.3, -0.25) is 9.69 Å². The number of halogens is 3. The molecule has 2 amide bonds. The van der Waals surface area contributed by atoms with Crippen molar-refractivity contribution in [1.29, 1.82) is 0 Å². The van der Waals surface area contributed by atoms with Crippen LogP contribution in [0.2, 0.25) is 0 Å². The minimum Gasteiger partial charge on any atom is -0.442 e. The predicted molar refractivity (Wildman–Crippen MR) is 122 cm³/mol. The number of nitrogens with zero attached hydrogens (tertiary/aromatic N) is 2. The van der Waals surface area contributed by atoms with Crippen molar-refractivity contribution in [2.75, 3.05) is 18.0 Å². The second kappa shape index (κ2) is 9.21. The van der Waals surface area contributed by atoms with Gasteiger partial charge >= 0.3 is 12.5 Å². The van der Waals surface area contributed by atoms with Crippen LogP contribution >= 0.6 is 0 Å². The topological polar surface area (TPSA) is 93.9 Å². The van der Waals surface area contributed by atoms with Crippen LogP contribution in [-0.4, -0.2) is 42.7 Å². The summed E-state index contributed by atoms with van der Waals surface area (Å²) in [5.41, 5.74) is 4.48. The average Bonchev–Trinajstić information content (AvgIpc) is 3.36. The number of nitrogens with one attached hydrogen (secondary N) is 1. The first-order valence-electron chi connectivity index (χ1n) is 11.4. The zero-order chi connectivity index (χ0) is 25.4. The fraction of sp³-hybridized carbons (Fsp3) is 0.320. The molecule has 1 unspecified atom stereocenters. The number of rotatable bonds is 5. The Kier molecular flexibility index (Phi) is 6.07. The van der Waals surface area contributed by atoms with E-state index < -0.39 is 18.6 Å². The number of aryl methyl sites for hydroxylation is 1. The molecule has 1 aromatic heterocycles. The van der Waals surface area contributed by atoms with Crippen LogP contribution in [0, 0.1) is 0 Å². The maximum absolute atomic E-state index is 12.5. The van der Waals surface area contributed by atoms with Gasteiger partial charge in [0.1, 0.15) is 17.5 Å². The lowest BCUT2D eigenvalue weighted by Gasteiger charge is -2.15. The van der Waals surface area contributed by atoms with E-state index in [9.17, 15) is 22.8 Å². The monoisotopic (exact) mass is 501 g/mol. The number of aromatic nitrogens is 1. The van der Waals surface area contributed by atoms with Crippen molar-refractivity contribution in [3.8, 4) is 28.3 Å². The lowest BCUT2D eigenvalue weighted by molar-refractivity contribution is -0.274. The van der Waals surface area contributed by atoms with Crippen molar-refractivity contribution >= 4 is 17.7 Å². The summed E-state index contributed by atoms with van der Waals surface area (Å²) < 4.78 is 52.5. The number of ether oxygens (including phenoxy) is 2. The Labute approximate surface area is 204 Å². The van der Waals surface area contributed by atoms with Crippen LogP contribution in [0.3, 0.4) is 0 Å². The first-order chi connectivity index (χ1) is 17.2. The number of hydrogen-bond donors (Lipinski definition) is 1. The van der Waals surface area contributed by atoms with E-state index in [0.29, 0.717) is 35.7 Å². The summed E-state index contributed by atoms with van der Waals surface area (Å²) in [5, 5.41) is 6.88. The number of carbonyl (C=O) groups excluding carboxylic acids is 2. The molecule has 36 heavy (non-hydrogen) atoms. The number of amides is 2. The van der Waals surface area contributed by atoms with Crippen LogP contribution in [0.5, 0.6) is 5.75 Å². The van der Waals surface area contributed by atoms with E-state index in [0.717, 1.165) is 29.5 Å². The van der Waals surface area contributed by atoms with Gasteiger partial charge in [0.2, 0.25) is 5.91 Å². The van der Waals surface area contributed by atoms with Gasteiger partial charge in [-0.25, -0.2) is 4.79 Å². The maximum Gasteiger partial charge on any atom is 0.573 e. The van der Waals surface area contributed by atoms with E-state index in [-0.39, 0.29) is 18.2 Å². The lowest BCUT2D eigenvalue weighted by atomic mass is 9.99. The zero-order valence-corrected chi connectivity index (χ0v) is 19.2. The minimum atomic E-state index is -4.76. The van der Waals surface area contributed by atoms with Crippen LogP contribution in [0.25, 0.3) is 22.6 Å². The minimum absolute atomic E-state index is 0.203. The first-order valence-corrected chi connectivity index (χ1v) is 11.4. The molecular weight excluding hydrogens is 479 g/mol. The zero-order valence-electron chi connectivity index (χ0n) is 19.2. The van der Waals surface area contributed by atoms with Gasteiger partial charge in [0, 0.05) is 29.3 Å². The molecule has 188 valence electrons. The van der Waals surface area contributed by atoms with Crippen molar-refractivity contribution in [1.82, 2.24) is 10.5 Å². The molecule has 0 bridgehead atoms. The summed E-state index contributed by atoms with van der Waals surface area (Å²) in [4.78, 5) is 25.2. The maximum atomic E-state index is 12.5. The number of carbonyl (C=O) groups is 2. The van der Waals surface area contributed by atoms with Crippen LogP contribution < -0.4 is 15.0 Å². The summed E-state index contributed by atoms with van der Waals surface area (Å²) in [7, 11) is 0. The Bertz CT molecular complexity index is 1300. The van der Waals surface area contributed by atoms with Gasteiger partial charge in [-0.05, 0) is 61.2 Å². The van der Waals surface area contributed by atoms with E-state index in [2.05, 4.69) is 15.2 Å². The standard InChI is InChI=1S/C25H22F3N3O5/c1-14(32)29-12-19-13-31(24(33)34-19)17-8-5-15-3-2-4-20-22(30-36-23(20)21(15)11-17)16-6-9-18(10-7-16)35-25(26,27)28/h5-11,19H,2-4,12-13H2,1H3,(H,29,32). The number of benzene rings is 2. The first kappa shape index (κ1) is 23.7. The SMILES string of the molecule is CC(=O)NCC1CN(c2ccc3c(c2)-c2onc(-c4ccc(OC(F)(F)F)cc4)c2CCC3)C(=O)O1. The molecule has 1 fully saturated rings. The fourth-order valence-electron chi connectivity index (χ4n) is 4.51. The molecule has 1 aliphatic heterocycles. The molecule has 1 aliphatic carbocycles. The number of anilines is 1. The van der Waals surface area contributed by atoms with Gasteiger partial charge < -0.3 is 19.3 Å². The van der Waals surface area contributed by atoms with Crippen molar-refractivity contribution in [2.24, 2.45) is 0 Å². The van der Waals surface area contributed by atoms with Gasteiger partial charge in [0.05, 0.1) is 13.1 Å². The Morgan fingerprint density at radius 1 is 1.19 bits per heavy atom. The molecule has 0 spiro atoms. The highest BCUT2D eigenvalue weighted by atomic mass is 19.4. The number of fused-ring (bicyclic) bond motifs is 3. The average molecular weight is 501 g/mol. The van der Waals surface area contributed by atoms with Crippen molar-refractivity contribution in [2.45, 2.75) is 38.7 Å². The van der Waals surface area contributed by atoms with E-state index in [1.54, 1.807) is 0 Å². The number of alkyl halides is 3. The summed E-state index contributed by atoms with van der Waals surface area (Å²) in [5.74, 6) is 0.0492. The summed E-state index contributed by atoms with van der Waals surface area (Å²) in [6, 6.07) is 11.2. The van der Waals surface area contributed by atoms with Gasteiger partial charge in [-0.15, -0.1) is 13.2 Å². The van der Waals surface area contributed by atoms with E-state index in [1.165, 1.54) is 36.1 Å². The molecule has 0 saturated carbocycles. The highest BCUT2D eigenvalue weighted by Gasteiger charge is 2.34. The second-order valence-electron chi connectivity index (χ2n) is 8.66. The third-order valence-corrected chi connectivity index (χ3v) is 6.12. The Balaban J connectivity index is 1.43. The molecule has 2 heterocycles. The van der Waals surface area contributed by atoms with Crippen LogP contribution in [-0.2, 0) is 22.4 Å². The lowest BCUT2D eigenvalue weighted by Crippen LogP contribution is -2.33. The summed E-state index contributed by atoms with van der Waals surface area (Å²) in [6.07, 6.45) is -3.44. The molecule has 3 aromatic rings. The van der Waals surface area contributed by atoms with E-state index in [4.69, 9.17) is 9.26 Å². The van der Waals surface area contributed by atoms with Gasteiger partial charge in [-0.2, -0.15) is 0 Å². The smallest absolute Gasteiger partial charge is 0.442 e. The van der Waals surface area contributed by atoms with Crippen molar-refractivity contribution in [3.63, 3.8) is 0 Å². The predicted octanol–water partition coefficient (Wildman–Crippen LogP) is 4.86. The second-order valence-corrected chi connectivity index (χ2v) is 8.66. The number of cyclic esters (lactones) is 1.